The summed E-state index contributed by atoms with van der Waals surface area (Å²) in [6, 6.07) is 20.0. The Labute approximate surface area is 185 Å². The van der Waals surface area contributed by atoms with E-state index in [4.69, 9.17) is 14.5 Å². The third-order valence-corrected chi connectivity index (χ3v) is 6.32. The van der Waals surface area contributed by atoms with Gasteiger partial charge in [-0.25, -0.2) is 4.98 Å². The highest BCUT2D eigenvalue weighted by molar-refractivity contribution is 7.11. The molecule has 0 saturated carbocycles. The van der Waals surface area contributed by atoms with Crippen molar-refractivity contribution in [1.29, 1.82) is 0 Å². The molecular weight excluding hydrogens is 408 g/mol. The number of hydrogen-bond donors (Lipinski definition) is 1. The Balaban J connectivity index is 1.50. The quantitative estimate of drug-likeness (QED) is 0.425. The van der Waals surface area contributed by atoms with Crippen LogP contribution in [0.2, 0.25) is 0 Å². The Morgan fingerprint density at radius 3 is 2.65 bits per heavy atom. The maximum atomic E-state index is 12.7. The van der Waals surface area contributed by atoms with Crippen molar-refractivity contribution in [2.75, 3.05) is 19.5 Å². The zero-order valence-electron chi connectivity index (χ0n) is 17.8. The second-order valence-corrected chi connectivity index (χ2v) is 8.39. The van der Waals surface area contributed by atoms with Crippen LogP contribution in [-0.2, 0) is 17.6 Å². The molecule has 4 aromatic rings. The van der Waals surface area contributed by atoms with Gasteiger partial charge in [0.1, 0.15) is 11.5 Å². The lowest BCUT2D eigenvalue weighted by atomic mass is 10.0. The Kier molecular flexibility index (Phi) is 6.18. The van der Waals surface area contributed by atoms with Crippen LogP contribution in [0.5, 0.6) is 11.5 Å². The van der Waals surface area contributed by atoms with E-state index in [2.05, 4.69) is 41.7 Å². The van der Waals surface area contributed by atoms with Crippen molar-refractivity contribution in [2.45, 2.75) is 19.8 Å². The first-order chi connectivity index (χ1) is 15.1. The molecule has 1 heterocycles. The van der Waals surface area contributed by atoms with E-state index in [0.717, 1.165) is 22.0 Å². The molecule has 1 N–H and O–H groups in total. The minimum absolute atomic E-state index is 0.116. The van der Waals surface area contributed by atoms with Crippen molar-refractivity contribution in [1.82, 2.24) is 4.98 Å². The second-order valence-electron chi connectivity index (χ2n) is 7.22. The number of carbonyl (C=O) groups excluding carboxylic acids is 1. The van der Waals surface area contributed by atoms with Crippen molar-refractivity contribution in [3.8, 4) is 11.5 Å². The number of rotatable bonds is 7. The highest BCUT2D eigenvalue weighted by atomic mass is 32.1. The van der Waals surface area contributed by atoms with Gasteiger partial charge in [0.15, 0.2) is 0 Å². The fourth-order valence-electron chi connectivity index (χ4n) is 3.59. The van der Waals surface area contributed by atoms with Gasteiger partial charge in [-0.05, 0) is 35.4 Å². The molecule has 0 aliphatic rings. The predicted octanol–water partition coefficient (Wildman–Crippen LogP) is 5.39. The summed E-state index contributed by atoms with van der Waals surface area (Å²) in [4.78, 5) is 18.4. The summed E-state index contributed by atoms with van der Waals surface area (Å²) >= 11 is 1.59. The predicted molar refractivity (Wildman–Crippen MR) is 125 cm³/mol. The van der Waals surface area contributed by atoms with Gasteiger partial charge in [-0.2, -0.15) is 0 Å². The first-order valence-electron chi connectivity index (χ1n) is 10.0. The van der Waals surface area contributed by atoms with Crippen molar-refractivity contribution < 1.29 is 14.3 Å². The Morgan fingerprint density at radius 1 is 1.03 bits per heavy atom. The van der Waals surface area contributed by atoms with E-state index in [0.29, 0.717) is 17.2 Å². The lowest BCUT2D eigenvalue weighted by Gasteiger charge is -2.11. The summed E-state index contributed by atoms with van der Waals surface area (Å²) in [6.45, 7) is 1.96. The second kappa shape index (κ2) is 9.18. The molecule has 0 radical (unpaired) electrons. The average molecular weight is 433 g/mol. The monoisotopic (exact) mass is 432 g/mol. The first kappa shape index (κ1) is 20.9. The van der Waals surface area contributed by atoms with Gasteiger partial charge in [0.05, 0.1) is 37.0 Å². The molecule has 6 heteroatoms. The molecule has 1 aromatic heterocycles. The molecule has 1 amide bonds. The summed E-state index contributed by atoms with van der Waals surface area (Å²) in [5.74, 6) is 1.13. The zero-order chi connectivity index (χ0) is 21.8. The number of fused-ring (bicyclic) bond motifs is 1. The molecule has 31 heavy (non-hydrogen) atoms. The Hall–Kier alpha value is -3.38. The maximum absolute atomic E-state index is 12.7. The van der Waals surface area contributed by atoms with E-state index in [1.807, 2.05) is 13.0 Å². The molecule has 0 atom stereocenters. The van der Waals surface area contributed by atoms with Crippen LogP contribution >= 0.6 is 11.3 Å². The van der Waals surface area contributed by atoms with Gasteiger partial charge in [0, 0.05) is 17.4 Å². The van der Waals surface area contributed by atoms with Gasteiger partial charge in [-0.1, -0.05) is 42.5 Å². The Bertz CT molecular complexity index is 1230. The molecule has 0 spiro atoms. The number of amides is 1. The fourth-order valence-corrected chi connectivity index (χ4v) is 4.68. The van der Waals surface area contributed by atoms with Crippen LogP contribution in [0, 0.1) is 6.92 Å². The van der Waals surface area contributed by atoms with Gasteiger partial charge in [-0.3, -0.25) is 4.79 Å². The highest BCUT2D eigenvalue weighted by Crippen LogP contribution is 2.30. The van der Waals surface area contributed by atoms with Crippen LogP contribution in [-0.4, -0.2) is 25.1 Å². The largest absolute Gasteiger partial charge is 0.497 e. The number of thiazole rings is 1. The molecule has 5 nitrogen and oxygen atoms in total. The number of carbonyl (C=O) groups is 1. The smallest absolute Gasteiger partial charge is 0.229 e. The van der Waals surface area contributed by atoms with Crippen LogP contribution in [0.4, 0.5) is 5.69 Å². The first-order valence-corrected chi connectivity index (χ1v) is 10.8. The standard InChI is InChI=1S/C25H24N2O3S/c1-16-23(15-24(28)27-21-14-19(29-2)11-12-22(21)30-3)31-25(26-16)13-18-9-6-8-17-7-4-5-10-20(17)18/h4-12,14H,13,15H2,1-3H3,(H,27,28). The molecule has 0 unspecified atom stereocenters. The third-order valence-electron chi connectivity index (χ3n) is 5.16. The van der Waals surface area contributed by atoms with Gasteiger partial charge in [0.2, 0.25) is 5.91 Å². The molecule has 0 bridgehead atoms. The zero-order valence-corrected chi connectivity index (χ0v) is 18.6. The minimum Gasteiger partial charge on any atom is -0.497 e. The average Bonchev–Trinajstić information content (AvgIpc) is 3.12. The molecule has 158 valence electrons. The number of aryl methyl sites for hydroxylation is 1. The van der Waals surface area contributed by atoms with E-state index in [-0.39, 0.29) is 12.3 Å². The number of hydrogen-bond acceptors (Lipinski definition) is 5. The number of nitrogens with zero attached hydrogens (tertiary/aromatic N) is 1. The molecular formula is C25H24N2O3S. The lowest BCUT2D eigenvalue weighted by Crippen LogP contribution is -2.15. The van der Waals surface area contributed by atoms with E-state index < -0.39 is 0 Å². The topological polar surface area (TPSA) is 60.5 Å². The molecule has 0 aliphatic carbocycles. The SMILES string of the molecule is COc1ccc(OC)c(NC(=O)Cc2sc(Cc3cccc4ccccc34)nc2C)c1. The molecule has 0 aliphatic heterocycles. The number of aromatic nitrogens is 1. The number of anilines is 1. The van der Waals surface area contributed by atoms with Gasteiger partial charge in [0.25, 0.3) is 0 Å². The highest BCUT2D eigenvalue weighted by Gasteiger charge is 2.15. The van der Waals surface area contributed by atoms with Crippen molar-refractivity contribution in [3.05, 3.63) is 81.8 Å². The van der Waals surface area contributed by atoms with Crippen molar-refractivity contribution in [3.63, 3.8) is 0 Å². The van der Waals surface area contributed by atoms with Gasteiger partial charge in [-0.15, -0.1) is 11.3 Å². The van der Waals surface area contributed by atoms with Crippen molar-refractivity contribution in [2.24, 2.45) is 0 Å². The van der Waals surface area contributed by atoms with Gasteiger partial charge >= 0.3 is 0 Å². The molecule has 3 aromatic carbocycles. The van der Waals surface area contributed by atoms with Gasteiger partial charge < -0.3 is 14.8 Å². The van der Waals surface area contributed by atoms with E-state index in [1.165, 1.54) is 16.3 Å². The summed E-state index contributed by atoms with van der Waals surface area (Å²) in [5.41, 5.74) is 2.72. The van der Waals surface area contributed by atoms with Crippen LogP contribution in [0.15, 0.2) is 60.7 Å². The molecule has 0 fully saturated rings. The Morgan fingerprint density at radius 2 is 1.84 bits per heavy atom. The fraction of sp³-hybridized carbons (Fsp3) is 0.200. The molecule has 0 saturated heterocycles. The summed E-state index contributed by atoms with van der Waals surface area (Å²) < 4.78 is 10.6. The number of benzene rings is 3. The number of nitrogens with one attached hydrogen (secondary N) is 1. The summed E-state index contributed by atoms with van der Waals surface area (Å²) in [5, 5.41) is 6.40. The summed E-state index contributed by atoms with van der Waals surface area (Å²) in [6.07, 6.45) is 1.01. The van der Waals surface area contributed by atoms with Crippen molar-refractivity contribution >= 4 is 33.7 Å². The van der Waals surface area contributed by atoms with E-state index in [1.54, 1.807) is 43.8 Å². The summed E-state index contributed by atoms with van der Waals surface area (Å²) in [7, 11) is 3.16. The van der Waals surface area contributed by atoms with E-state index in [9.17, 15) is 4.79 Å². The van der Waals surface area contributed by atoms with Crippen LogP contribution < -0.4 is 14.8 Å². The number of ether oxygens (including phenoxy) is 2. The maximum Gasteiger partial charge on any atom is 0.229 e. The lowest BCUT2D eigenvalue weighted by molar-refractivity contribution is -0.115. The van der Waals surface area contributed by atoms with E-state index >= 15 is 0 Å². The normalized spacial score (nSPS) is 10.8. The minimum atomic E-state index is -0.116. The third kappa shape index (κ3) is 4.70. The van der Waals surface area contributed by atoms with Crippen LogP contribution in [0.25, 0.3) is 10.8 Å². The number of methoxy groups -OCH3 is 2. The van der Waals surface area contributed by atoms with Crippen LogP contribution in [0.1, 0.15) is 21.1 Å². The van der Waals surface area contributed by atoms with Crippen LogP contribution in [0.3, 0.4) is 0 Å². The molecule has 4 rings (SSSR count).